The third kappa shape index (κ3) is 2.28. The number of benzene rings is 2. The zero-order valence-corrected chi connectivity index (χ0v) is 10.6. The van der Waals surface area contributed by atoms with E-state index in [9.17, 15) is 8.78 Å². The summed E-state index contributed by atoms with van der Waals surface area (Å²) in [6.45, 7) is 0.334. The monoisotopic (exact) mass is 273 g/mol. The topological polar surface area (TPSA) is 43.8 Å². The molecule has 2 N–H and O–H groups in total. The third-order valence-electron chi connectivity index (χ3n) is 3.28. The summed E-state index contributed by atoms with van der Waals surface area (Å²) in [5.74, 6) is -0.990. The number of nitrogens with two attached hydrogens (primary N) is 1. The van der Waals surface area contributed by atoms with Crippen LogP contribution < -0.4 is 5.73 Å². The molecule has 0 spiro atoms. The number of hydrogen-bond acceptors (Lipinski definition) is 2. The van der Waals surface area contributed by atoms with Gasteiger partial charge in [-0.2, -0.15) is 0 Å². The fourth-order valence-electron chi connectivity index (χ4n) is 2.26. The number of nitrogens with zero attached hydrogens (tertiary/aromatic N) is 2. The Morgan fingerprint density at radius 3 is 2.80 bits per heavy atom. The van der Waals surface area contributed by atoms with E-state index in [1.807, 2.05) is 28.8 Å². The van der Waals surface area contributed by atoms with Gasteiger partial charge in [-0.3, -0.25) is 0 Å². The lowest BCUT2D eigenvalue weighted by atomic mass is 10.1. The molecule has 0 aliphatic carbocycles. The second-order valence-corrected chi connectivity index (χ2v) is 4.66. The fraction of sp³-hybridized carbons (Fsp3) is 0.133. The lowest BCUT2D eigenvalue weighted by Crippen LogP contribution is -2.18. The zero-order valence-electron chi connectivity index (χ0n) is 10.6. The SMILES string of the molecule is NC(Cn1cnc2ccccc21)c1cc(F)ccc1F. The summed E-state index contributed by atoms with van der Waals surface area (Å²) in [6.07, 6.45) is 1.65. The van der Waals surface area contributed by atoms with Crippen LogP contribution in [-0.2, 0) is 6.54 Å². The predicted molar refractivity (Wildman–Crippen MR) is 73.0 cm³/mol. The van der Waals surface area contributed by atoms with E-state index in [1.54, 1.807) is 6.33 Å². The van der Waals surface area contributed by atoms with Gasteiger partial charge in [0.2, 0.25) is 0 Å². The van der Waals surface area contributed by atoms with Gasteiger partial charge in [-0.05, 0) is 30.3 Å². The first-order valence-electron chi connectivity index (χ1n) is 6.25. The minimum absolute atomic E-state index is 0.169. The summed E-state index contributed by atoms with van der Waals surface area (Å²) in [7, 11) is 0. The van der Waals surface area contributed by atoms with Crippen molar-refractivity contribution in [2.24, 2.45) is 5.73 Å². The van der Waals surface area contributed by atoms with Crippen LogP contribution in [0.3, 0.4) is 0 Å². The van der Waals surface area contributed by atoms with Gasteiger partial charge in [0.25, 0.3) is 0 Å². The first-order valence-corrected chi connectivity index (χ1v) is 6.25. The molecule has 1 aromatic heterocycles. The van der Waals surface area contributed by atoms with E-state index >= 15 is 0 Å². The van der Waals surface area contributed by atoms with Gasteiger partial charge < -0.3 is 10.3 Å². The first kappa shape index (κ1) is 12.7. The van der Waals surface area contributed by atoms with Crippen molar-refractivity contribution < 1.29 is 8.78 Å². The molecule has 1 heterocycles. The van der Waals surface area contributed by atoms with E-state index < -0.39 is 17.7 Å². The van der Waals surface area contributed by atoms with Crippen LogP contribution in [0, 0.1) is 11.6 Å². The zero-order chi connectivity index (χ0) is 14.1. The second-order valence-electron chi connectivity index (χ2n) is 4.66. The van der Waals surface area contributed by atoms with Crippen molar-refractivity contribution >= 4 is 11.0 Å². The molecular formula is C15H13F2N3. The number of rotatable bonds is 3. The molecule has 1 atom stereocenters. The highest BCUT2D eigenvalue weighted by molar-refractivity contribution is 5.74. The van der Waals surface area contributed by atoms with Gasteiger partial charge in [0.15, 0.2) is 0 Å². The molecule has 0 aliphatic heterocycles. The lowest BCUT2D eigenvalue weighted by Gasteiger charge is -2.14. The molecular weight excluding hydrogens is 260 g/mol. The molecule has 0 fully saturated rings. The Balaban J connectivity index is 1.92. The van der Waals surface area contributed by atoms with Crippen molar-refractivity contribution in [1.82, 2.24) is 9.55 Å². The van der Waals surface area contributed by atoms with Crippen molar-refractivity contribution in [3.63, 3.8) is 0 Å². The molecule has 0 saturated carbocycles. The highest BCUT2D eigenvalue weighted by atomic mass is 19.1. The Morgan fingerprint density at radius 2 is 1.95 bits per heavy atom. The summed E-state index contributed by atoms with van der Waals surface area (Å²) in [4.78, 5) is 4.24. The van der Waals surface area contributed by atoms with Crippen molar-refractivity contribution in [2.45, 2.75) is 12.6 Å². The number of para-hydroxylation sites is 2. The Kier molecular flexibility index (Phi) is 3.20. The highest BCUT2D eigenvalue weighted by Gasteiger charge is 2.14. The van der Waals surface area contributed by atoms with Crippen LogP contribution in [0.25, 0.3) is 11.0 Å². The Hall–Kier alpha value is -2.27. The summed E-state index contributed by atoms with van der Waals surface area (Å²) >= 11 is 0. The summed E-state index contributed by atoms with van der Waals surface area (Å²) in [5, 5.41) is 0. The van der Waals surface area contributed by atoms with Gasteiger partial charge in [-0.1, -0.05) is 12.1 Å². The third-order valence-corrected chi connectivity index (χ3v) is 3.28. The number of halogens is 2. The average Bonchev–Trinajstić information content (AvgIpc) is 2.85. The molecule has 0 radical (unpaired) electrons. The van der Waals surface area contributed by atoms with Crippen LogP contribution >= 0.6 is 0 Å². The van der Waals surface area contributed by atoms with Gasteiger partial charge >= 0.3 is 0 Å². The molecule has 1 unspecified atom stereocenters. The van der Waals surface area contributed by atoms with E-state index in [2.05, 4.69) is 4.98 Å². The molecule has 3 nitrogen and oxygen atoms in total. The van der Waals surface area contributed by atoms with Gasteiger partial charge in [0.05, 0.1) is 23.4 Å². The van der Waals surface area contributed by atoms with E-state index in [-0.39, 0.29) is 5.56 Å². The largest absolute Gasteiger partial charge is 0.329 e. The molecule has 5 heteroatoms. The Labute approximate surface area is 114 Å². The van der Waals surface area contributed by atoms with Crippen LogP contribution in [-0.4, -0.2) is 9.55 Å². The smallest absolute Gasteiger partial charge is 0.128 e. The summed E-state index contributed by atoms with van der Waals surface area (Å²) in [6, 6.07) is 10.3. The first-order chi connectivity index (χ1) is 9.65. The second kappa shape index (κ2) is 5.02. The van der Waals surface area contributed by atoms with Gasteiger partial charge in [-0.15, -0.1) is 0 Å². The highest BCUT2D eigenvalue weighted by Crippen LogP contribution is 2.20. The number of fused-ring (bicyclic) bond motifs is 1. The van der Waals surface area contributed by atoms with E-state index in [1.165, 1.54) is 0 Å². The van der Waals surface area contributed by atoms with Crippen molar-refractivity contribution in [3.8, 4) is 0 Å². The fourth-order valence-corrected chi connectivity index (χ4v) is 2.26. The minimum Gasteiger partial charge on any atom is -0.329 e. The molecule has 20 heavy (non-hydrogen) atoms. The van der Waals surface area contributed by atoms with Gasteiger partial charge in [0.1, 0.15) is 11.6 Å². The maximum atomic E-state index is 13.7. The molecule has 0 saturated heterocycles. The molecule has 3 aromatic rings. The lowest BCUT2D eigenvalue weighted by molar-refractivity contribution is 0.527. The maximum absolute atomic E-state index is 13.7. The summed E-state index contributed by atoms with van der Waals surface area (Å²) in [5.41, 5.74) is 7.92. The average molecular weight is 273 g/mol. The van der Waals surface area contributed by atoms with Gasteiger partial charge in [-0.25, -0.2) is 13.8 Å². The van der Waals surface area contributed by atoms with Crippen LogP contribution in [0.1, 0.15) is 11.6 Å². The maximum Gasteiger partial charge on any atom is 0.128 e. The van der Waals surface area contributed by atoms with Crippen molar-refractivity contribution in [1.29, 1.82) is 0 Å². The molecule has 0 amide bonds. The van der Waals surface area contributed by atoms with Crippen molar-refractivity contribution in [2.75, 3.05) is 0 Å². The minimum atomic E-state index is -0.636. The Morgan fingerprint density at radius 1 is 1.15 bits per heavy atom. The normalized spacial score (nSPS) is 12.8. The Bertz CT molecular complexity index is 752. The molecule has 2 aromatic carbocycles. The number of imidazole rings is 1. The standard InChI is InChI=1S/C15H13F2N3/c16-10-5-6-12(17)11(7-10)13(18)8-20-9-19-14-3-1-2-4-15(14)20/h1-7,9,13H,8,18H2. The van der Waals surface area contributed by atoms with E-state index in [4.69, 9.17) is 5.73 Å². The van der Waals surface area contributed by atoms with Crippen LogP contribution in [0.4, 0.5) is 8.78 Å². The number of aromatic nitrogens is 2. The van der Waals surface area contributed by atoms with Crippen LogP contribution in [0.2, 0.25) is 0 Å². The van der Waals surface area contributed by atoms with E-state index in [0.717, 1.165) is 29.2 Å². The van der Waals surface area contributed by atoms with Gasteiger partial charge in [0, 0.05) is 12.1 Å². The predicted octanol–water partition coefficient (Wildman–Crippen LogP) is 3.01. The van der Waals surface area contributed by atoms with Crippen molar-refractivity contribution in [3.05, 3.63) is 66.0 Å². The molecule has 102 valence electrons. The quantitative estimate of drug-likeness (QED) is 0.797. The summed E-state index contributed by atoms with van der Waals surface area (Å²) < 4.78 is 28.7. The van der Waals surface area contributed by atoms with Crippen LogP contribution in [0.15, 0.2) is 48.8 Å². The van der Waals surface area contributed by atoms with Crippen LogP contribution in [0.5, 0.6) is 0 Å². The number of hydrogen-bond donors (Lipinski definition) is 1. The molecule has 0 bridgehead atoms. The molecule has 0 aliphatic rings. The van der Waals surface area contributed by atoms with E-state index in [0.29, 0.717) is 6.54 Å². The molecule has 3 rings (SSSR count).